The van der Waals surface area contributed by atoms with Gasteiger partial charge in [-0.1, -0.05) is 78.9 Å². The molecule has 0 aliphatic carbocycles. The molecule has 44 heavy (non-hydrogen) atoms. The van der Waals surface area contributed by atoms with E-state index in [1.807, 2.05) is 70.5 Å². The zero-order valence-electron chi connectivity index (χ0n) is 29.5. The van der Waals surface area contributed by atoms with Gasteiger partial charge in [0.2, 0.25) is 0 Å². The fourth-order valence-electron chi connectivity index (χ4n) is 6.00. The number of fused-ring (bicyclic) bond motifs is 2. The van der Waals surface area contributed by atoms with Crippen LogP contribution in [0.25, 0.3) is 33.4 Å². The average molecular weight is 581 g/mol. The standard InChI is InChI=1S/C36H30N8/c1-41-23-43(35-33(41)37-16-18-39-35)28-20-27(21-29(22-28)44-24-42(2)34-36(44)40-19-17-38-34)32-30(25-10-5-3-6-11-25)14-9-15-31(32)26-12-7-4-8-13-26/h3-22H,23-24H2,1-2H3/i1D3,2D3. The van der Waals surface area contributed by atoms with Crippen LogP contribution >= 0.6 is 0 Å². The minimum atomic E-state index is -2.47. The molecule has 0 fully saturated rings. The molecule has 0 N–H and O–H groups in total. The van der Waals surface area contributed by atoms with Gasteiger partial charge < -0.3 is 19.6 Å². The molecule has 0 radical (unpaired) electrons. The first-order valence-corrected chi connectivity index (χ1v) is 14.2. The summed E-state index contributed by atoms with van der Waals surface area (Å²) < 4.78 is 49.6. The van der Waals surface area contributed by atoms with E-state index in [9.17, 15) is 0 Å². The SMILES string of the molecule is [2H]C([2H])([2H])N1CN(c2cc(-c3c(-c4ccccc4)cccc3-c3ccccc3)cc(N3CN(C([2H])([2H])[2H])c4nccnc43)c2)c2nccnc21. The Kier molecular flexibility index (Phi) is 4.82. The number of hydrogen-bond acceptors (Lipinski definition) is 8. The predicted octanol–water partition coefficient (Wildman–Crippen LogP) is 7.36. The quantitative estimate of drug-likeness (QED) is 0.210. The Morgan fingerprint density at radius 1 is 0.500 bits per heavy atom. The highest BCUT2D eigenvalue weighted by molar-refractivity contribution is 5.97. The van der Waals surface area contributed by atoms with Crippen molar-refractivity contribution >= 4 is 34.6 Å². The normalized spacial score (nSPS) is 16.4. The smallest absolute Gasteiger partial charge is 0.178 e. The van der Waals surface area contributed by atoms with Crippen molar-refractivity contribution in [3.8, 4) is 33.4 Å². The molecule has 214 valence electrons. The van der Waals surface area contributed by atoms with E-state index in [0.29, 0.717) is 23.0 Å². The van der Waals surface area contributed by atoms with Crippen LogP contribution in [0.15, 0.2) is 122 Å². The molecule has 8 nitrogen and oxygen atoms in total. The number of anilines is 6. The molecule has 0 saturated heterocycles. The molecular weight excluding hydrogens is 544 g/mol. The van der Waals surface area contributed by atoms with E-state index in [2.05, 4.69) is 56.3 Å². The molecule has 0 unspecified atom stereocenters. The Morgan fingerprint density at radius 3 is 1.41 bits per heavy atom. The van der Waals surface area contributed by atoms with Gasteiger partial charge in [0, 0.05) is 58.3 Å². The summed E-state index contributed by atoms with van der Waals surface area (Å²) in [6.45, 7) is -4.99. The van der Waals surface area contributed by atoms with Gasteiger partial charge in [0.1, 0.15) is 0 Å². The van der Waals surface area contributed by atoms with Crippen molar-refractivity contribution in [1.82, 2.24) is 19.9 Å². The lowest BCUT2D eigenvalue weighted by atomic mass is 9.87. The van der Waals surface area contributed by atoms with E-state index >= 15 is 0 Å². The lowest BCUT2D eigenvalue weighted by Gasteiger charge is -2.25. The topological polar surface area (TPSA) is 64.5 Å². The van der Waals surface area contributed by atoms with Gasteiger partial charge >= 0.3 is 0 Å². The molecule has 2 aliphatic rings. The van der Waals surface area contributed by atoms with Crippen molar-refractivity contribution in [3.05, 3.63) is 122 Å². The summed E-state index contributed by atoms with van der Waals surface area (Å²) in [4.78, 5) is 24.1. The molecule has 0 saturated carbocycles. The van der Waals surface area contributed by atoms with Gasteiger partial charge in [0.05, 0.1) is 13.3 Å². The first-order valence-electron chi connectivity index (χ1n) is 17.2. The number of aromatic nitrogens is 4. The predicted molar refractivity (Wildman–Crippen MR) is 178 cm³/mol. The summed E-state index contributed by atoms with van der Waals surface area (Å²) in [6.07, 6.45) is 6.04. The molecule has 0 spiro atoms. The molecule has 0 bridgehead atoms. The van der Waals surface area contributed by atoms with Crippen LogP contribution in [0.4, 0.5) is 34.6 Å². The van der Waals surface area contributed by atoms with E-state index in [-0.39, 0.29) is 25.0 Å². The van der Waals surface area contributed by atoms with E-state index in [4.69, 9.17) is 8.22 Å². The first-order chi connectivity index (χ1) is 24.1. The molecule has 6 aromatic rings. The highest BCUT2D eigenvalue weighted by Crippen LogP contribution is 2.46. The fourth-order valence-corrected chi connectivity index (χ4v) is 6.00. The minimum Gasteiger partial charge on any atom is -0.338 e. The molecule has 4 heterocycles. The molecule has 0 amide bonds. The maximum absolute atomic E-state index is 8.26. The van der Waals surface area contributed by atoms with Crippen molar-refractivity contribution in [2.24, 2.45) is 0 Å². The Labute approximate surface area is 265 Å². The van der Waals surface area contributed by atoms with Crippen LogP contribution in [0, 0.1) is 0 Å². The summed E-state index contributed by atoms with van der Waals surface area (Å²) in [5.41, 5.74) is 7.08. The number of rotatable bonds is 5. The van der Waals surface area contributed by atoms with Crippen molar-refractivity contribution in [2.75, 3.05) is 46.9 Å². The van der Waals surface area contributed by atoms with Gasteiger partial charge in [-0.05, 0) is 51.6 Å². The van der Waals surface area contributed by atoms with Gasteiger partial charge in [-0.15, -0.1) is 0 Å². The van der Waals surface area contributed by atoms with Gasteiger partial charge in [-0.2, -0.15) is 0 Å². The monoisotopic (exact) mass is 580 g/mol. The van der Waals surface area contributed by atoms with Crippen molar-refractivity contribution in [1.29, 1.82) is 0 Å². The van der Waals surface area contributed by atoms with E-state index in [1.54, 1.807) is 12.4 Å². The van der Waals surface area contributed by atoms with Gasteiger partial charge in [-0.25, -0.2) is 19.9 Å². The second-order valence-electron chi connectivity index (χ2n) is 10.6. The lowest BCUT2D eigenvalue weighted by Crippen LogP contribution is -2.26. The second kappa shape index (κ2) is 10.5. The maximum atomic E-state index is 8.26. The van der Waals surface area contributed by atoms with Crippen molar-refractivity contribution in [2.45, 2.75) is 0 Å². The zero-order valence-corrected chi connectivity index (χ0v) is 23.5. The molecule has 2 aliphatic heterocycles. The van der Waals surface area contributed by atoms with Gasteiger partial charge in [-0.3, -0.25) is 0 Å². The first kappa shape index (κ1) is 20.2. The third-order valence-corrected chi connectivity index (χ3v) is 7.96. The van der Waals surface area contributed by atoms with Gasteiger partial charge in [0.15, 0.2) is 23.3 Å². The summed E-state index contributed by atoms with van der Waals surface area (Å²) in [5.74, 6) is 1.30. The van der Waals surface area contributed by atoms with Gasteiger partial charge in [0.25, 0.3) is 0 Å². The van der Waals surface area contributed by atoms with Crippen molar-refractivity contribution < 1.29 is 8.22 Å². The van der Waals surface area contributed by atoms with E-state index < -0.39 is 14.0 Å². The highest BCUT2D eigenvalue weighted by atomic mass is 15.4. The number of hydrogen-bond donors (Lipinski definition) is 0. The molecule has 4 aromatic carbocycles. The summed E-state index contributed by atoms with van der Waals surface area (Å²) in [5, 5.41) is 0. The van der Waals surface area contributed by atoms with E-state index in [0.717, 1.165) is 33.4 Å². The molecule has 2 aromatic heterocycles. The molecule has 8 rings (SSSR count). The Balaban J connectivity index is 1.39. The maximum Gasteiger partial charge on any atom is 0.178 e. The third-order valence-electron chi connectivity index (χ3n) is 7.96. The Bertz CT molecular complexity index is 2050. The Hall–Kier alpha value is -5.76. The van der Waals surface area contributed by atoms with Crippen LogP contribution in [0.5, 0.6) is 0 Å². The molecular formula is C36H30N8. The molecule has 0 atom stereocenters. The minimum absolute atomic E-state index is 0.0254. The van der Waals surface area contributed by atoms with Crippen LogP contribution in [-0.4, -0.2) is 47.2 Å². The van der Waals surface area contributed by atoms with Crippen LogP contribution < -0.4 is 19.6 Å². The third kappa shape index (κ3) is 4.31. The van der Waals surface area contributed by atoms with Crippen LogP contribution in [0.3, 0.4) is 0 Å². The summed E-state index contributed by atoms with van der Waals surface area (Å²) in [6, 6.07) is 32.4. The second-order valence-corrected chi connectivity index (χ2v) is 10.6. The number of benzene rings is 4. The lowest BCUT2D eigenvalue weighted by molar-refractivity contribution is 0.926. The molecule has 8 heteroatoms. The largest absolute Gasteiger partial charge is 0.338 e. The highest BCUT2D eigenvalue weighted by Gasteiger charge is 2.31. The van der Waals surface area contributed by atoms with E-state index in [1.165, 1.54) is 22.2 Å². The summed E-state index contributed by atoms with van der Waals surface area (Å²) in [7, 11) is 0. The summed E-state index contributed by atoms with van der Waals surface area (Å²) >= 11 is 0. The van der Waals surface area contributed by atoms with Crippen molar-refractivity contribution in [3.63, 3.8) is 0 Å². The van der Waals surface area contributed by atoms with Crippen LogP contribution in [0.1, 0.15) is 8.22 Å². The Morgan fingerprint density at radius 2 is 0.955 bits per heavy atom. The van der Waals surface area contributed by atoms with Crippen LogP contribution in [0.2, 0.25) is 0 Å². The number of nitrogens with zero attached hydrogens (tertiary/aromatic N) is 8. The average Bonchev–Trinajstić information content (AvgIpc) is 3.72. The fraction of sp³-hybridized carbons (Fsp3) is 0.111. The zero-order chi connectivity index (χ0) is 34.6. The van der Waals surface area contributed by atoms with Crippen LogP contribution in [-0.2, 0) is 0 Å².